The molecule has 0 aliphatic carbocycles. The maximum Gasteiger partial charge on any atom is 0.293 e. The quantitative estimate of drug-likeness (QED) is 0.283. The van der Waals surface area contributed by atoms with Gasteiger partial charge in [0.05, 0.1) is 4.92 Å². The zero-order valence-electron chi connectivity index (χ0n) is 15.2. The number of amides is 1. The summed E-state index contributed by atoms with van der Waals surface area (Å²) in [6, 6.07) is 13.7. The summed E-state index contributed by atoms with van der Waals surface area (Å²) in [5.41, 5.74) is 1.40. The molecule has 1 aromatic heterocycles. The topological polar surface area (TPSA) is 129 Å². The number of aromatic nitrogens is 3. The highest BCUT2D eigenvalue weighted by atomic mass is 32.2. The van der Waals surface area contributed by atoms with Crippen molar-refractivity contribution in [1.29, 1.82) is 0 Å². The van der Waals surface area contributed by atoms with E-state index in [9.17, 15) is 14.9 Å². The number of benzene rings is 2. The van der Waals surface area contributed by atoms with Crippen molar-refractivity contribution in [3.8, 4) is 0 Å². The molecule has 3 rings (SSSR count). The molecule has 28 heavy (non-hydrogen) atoms. The average molecular weight is 398 g/mol. The van der Waals surface area contributed by atoms with Crippen molar-refractivity contribution in [1.82, 2.24) is 14.9 Å². The van der Waals surface area contributed by atoms with Gasteiger partial charge in [0.15, 0.2) is 0 Å². The number of carbonyl (C=O) groups is 1. The molecular weight excluding hydrogens is 380 g/mol. The van der Waals surface area contributed by atoms with Gasteiger partial charge < -0.3 is 11.2 Å². The van der Waals surface area contributed by atoms with Gasteiger partial charge in [0.25, 0.3) is 5.69 Å². The van der Waals surface area contributed by atoms with Crippen LogP contribution in [0.15, 0.2) is 53.7 Å². The van der Waals surface area contributed by atoms with Crippen molar-refractivity contribution in [2.45, 2.75) is 24.3 Å². The number of aryl methyl sites for hydroxylation is 2. The number of hydrogen-bond acceptors (Lipinski definition) is 7. The molecule has 2 aromatic carbocycles. The monoisotopic (exact) mass is 398 g/mol. The Bertz CT molecular complexity index is 1020. The number of nitrogens with zero attached hydrogens (tertiary/aromatic N) is 4. The molecule has 3 aromatic rings. The third-order valence-electron chi connectivity index (χ3n) is 4.01. The number of rotatable bonds is 6. The van der Waals surface area contributed by atoms with Crippen LogP contribution in [-0.2, 0) is 4.79 Å². The Morgan fingerprint density at radius 1 is 1.21 bits per heavy atom. The van der Waals surface area contributed by atoms with Crippen LogP contribution in [0.3, 0.4) is 0 Å². The lowest BCUT2D eigenvalue weighted by molar-refractivity contribution is -0.384. The van der Waals surface area contributed by atoms with Crippen molar-refractivity contribution in [2.75, 3.05) is 11.2 Å². The standard InChI is InChI=1S/C18H18N6O3S/c1-11-8-9-14(15(10-11)24(26)27)20-17(25)16(13-6-4-3-5-7-13)28-18-22-21-12(2)23(18)19/h3-10,16H,19H2,1-2H3,(H,20,25)/t16-/m1/s1. The highest BCUT2D eigenvalue weighted by Crippen LogP contribution is 2.36. The van der Waals surface area contributed by atoms with Crippen LogP contribution in [0.25, 0.3) is 0 Å². The van der Waals surface area contributed by atoms with E-state index in [2.05, 4.69) is 15.5 Å². The Morgan fingerprint density at radius 2 is 1.93 bits per heavy atom. The van der Waals surface area contributed by atoms with Crippen LogP contribution in [0.4, 0.5) is 11.4 Å². The van der Waals surface area contributed by atoms with Crippen LogP contribution in [0.2, 0.25) is 0 Å². The van der Waals surface area contributed by atoms with E-state index < -0.39 is 16.1 Å². The predicted molar refractivity (Wildman–Crippen MR) is 106 cm³/mol. The maximum absolute atomic E-state index is 13.0. The zero-order chi connectivity index (χ0) is 20.3. The first-order valence-corrected chi connectivity index (χ1v) is 9.19. The van der Waals surface area contributed by atoms with E-state index in [4.69, 9.17) is 5.84 Å². The molecule has 144 valence electrons. The van der Waals surface area contributed by atoms with Crippen molar-refractivity contribution in [3.63, 3.8) is 0 Å². The van der Waals surface area contributed by atoms with Gasteiger partial charge in [-0.05, 0) is 31.0 Å². The SMILES string of the molecule is Cc1ccc(NC(=O)[C@H](Sc2nnc(C)n2N)c2ccccc2)c([N+](=O)[O-])c1. The van der Waals surface area contributed by atoms with Gasteiger partial charge in [-0.15, -0.1) is 10.2 Å². The average Bonchev–Trinajstić information content (AvgIpc) is 2.99. The zero-order valence-corrected chi connectivity index (χ0v) is 16.0. The predicted octanol–water partition coefficient (Wildman–Crippen LogP) is 2.99. The first-order valence-electron chi connectivity index (χ1n) is 8.31. The number of thioether (sulfide) groups is 1. The van der Waals surface area contributed by atoms with Crippen LogP contribution in [-0.4, -0.2) is 25.7 Å². The summed E-state index contributed by atoms with van der Waals surface area (Å²) in [4.78, 5) is 23.9. The summed E-state index contributed by atoms with van der Waals surface area (Å²) >= 11 is 1.12. The first-order chi connectivity index (χ1) is 13.4. The first kappa shape index (κ1) is 19.4. The summed E-state index contributed by atoms with van der Waals surface area (Å²) in [5, 5.41) is 21.5. The molecule has 0 saturated carbocycles. The molecule has 0 unspecified atom stereocenters. The summed E-state index contributed by atoms with van der Waals surface area (Å²) in [6.07, 6.45) is 0. The fraction of sp³-hybridized carbons (Fsp3) is 0.167. The minimum Gasteiger partial charge on any atom is -0.336 e. The lowest BCUT2D eigenvalue weighted by Gasteiger charge is -2.16. The molecular formula is C18H18N6O3S. The number of nitrogens with two attached hydrogens (primary N) is 1. The molecule has 0 saturated heterocycles. The third kappa shape index (κ3) is 4.12. The maximum atomic E-state index is 13.0. The molecule has 10 heteroatoms. The third-order valence-corrected chi connectivity index (χ3v) is 5.22. The Hall–Kier alpha value is -3.40. The molecule has 0 spiro atoms. The Kier molecular flexibility index (Phi) is 5.59. The van der Waals surface area contributed by atoms with E-state index in [0.717, 1.165) is 17.3 Å². The number of hydrogen-bond donors (Lipinski definition) is 2. The summed E-state index contributed by atoms with van der Waals surface area (Å²) < 4.78 is 1.29. The summed E-state index contributed by atoms with van der Waals surface area (Å²) in [6.45, 7) is 3.45. The van der Waals surface area contributed by atoms with Gasteiger partial charge in [0.2, 0.25) is 11.1 Å². The Balaban J connectivity index is 1.93. The largest absolute Gasteiger partial charge is 0.336 e. The highest BCUT2D eigenvalue weighted by molar-refractivity contribution is 8.00. The molecule has 0 aliphatic heterocycles. The second kappa shape index (κ2) is 8.09. The van der Waals surface area contributed by atoms with Gasteiger partial charge in [-0.25, -0.2) is 4.68 Å². The minimum atomic E-state index is -0.729. The van der Waals surface area contributed by atoms with E-state index in [1.807, 2.05) is 18.2 Å². The Morgan fingerprint density at radius 3 is 2.54 bits per heavy atom. The number of nitro groups is 1. The number of nitrogen functional groups attached to an aromatic ring is 1. The lowest BCUT2D eigenvalue weighted by atomic mass is 10.1. The number of anilines is 1. The van der Waals surface area contributed by atoms with Crippen LogP contribution >= 0.6 is 11.8 Å². The van der Waals surface area contributed by atoms with Gasteiger partial charge in [-0.2, -0.15) is 0 Å². The van der Waals surface area contributed by atoms with Gasteiger partial charge in [0, 0.05) is 6.07 Å². The van der Waals surface area contributed by atoms with E-state index in [-0.39, 0.29) is 11.4 Å². The van der Waals surface area contributed by atoms with Crippen molar-refractivity contribution in [3.05, 3.63) is 75.6 Å². The van der Waals surface area contributed by atoms with Crippen molar-refractivity contribution >= 4 is 29.0 Å². The molecule has 3 N–H and O–H groups in total. The second-order valence-corrected chi connectivity index (χ2v) is 7.15. The van der Waals surface area contributed by atoms with E-state index in [0.29, 0.717) is 16.5 Å². The molecule has 9 nitrogen and oxygen atoms in total. The lowest BCUT2D eigenvalue weighted by Crippen LogP contribution is -2.21. The van der Waals surface area contributed by atoms with Crippen molar-refractivity contribution in [2.24, 2.45) is 0 Å². The van der Waals surface area contributed by atoms with E-state index >= 15 is 0 Å². The highest BCUT2D eigenvalue weighted by Gasteiger charge is 2.27. The normalized spacial score (nSPS) is 11.8. The number of nitro benzene ring substituents is 1. The van der Waals surface area contributed by atoms with Gasteiger partial charge in [0.1, 0.15) is 16.8 Å². The van der Waals surface area contributed by atoms with E-state index in [1.165, 1.54) is 16.8 Å². The molecule has 0 radical (unpaired) electrons. The van der Waals surface area contributed by atoms with E-state index in [1.54, 1.807) is 32.0 Å². The molecule has 1 heterocycles. The summed E-state index contributed by atoms with van der Waals surface area (Å²) in [7, 11) is 0. The van der Waals surface area contributed by atoms with Crippen LogP contribution in [0.5, 0.6) is 0 Å². The Labute approximate surface area is 165 Å². The molecule has 0 bridgehead atoms. The summed E-state index contributed by atoms with van der Waals surface area (Å²) in [5.74, 6) is 5.99. The molecule has 0 aliphatic rings. The molecule has 1 amide bonds. The van der Waals surface area contributed by atoms with Crippen LogP contribution < -0.4 is 11.2 Å². The van der Waals surface area contributed by atoms with Crippen LogP contribution in [0, 0.1) is 24.0 Å². The van der Waals surface area contributed by atoms with Gasteiger partial charge in [-0.3, -0.25) is 14.9 Å². The van der Waals surface area contributed by atoms with Crippen LogP contribution in [0.1, 0.15) is 22.2 Å². The second-order valence-electron chi connectivity index (χ2n) is 6.08. The fourth-order valence-electron chi connectivity index (χ4n) is 2.53. The van der Waals surface area contributed by atoms with Gasteiger partial charge in [-0.1, -0.05) is 48.2 Å². The number of carbonyl (C=O) groups excluding carboxylic acids is 1. The molecule has 0 fully saturated rings. The smallest absolute Gasteiger partial charge is 0.293 e. The van der Waals surface area contributed by atoms with Crippen molar-refractivity contribution < 1.29 is 9.72 Å². The minimum absolute atomic E-state index is 0.132. The number of nitrogens with one attached hydrogen (secondary N) is 1. The van der Waals surface area contributed by atoms with Gasteiger partial charge >= 0.3 is 0 Å². The molecule has 1 atom stereocenters. The fourth-order valence-corrected chi connectivity index (χ4v) is 3.54.